The number of benzene rings is 1. The lowest BCUT2D eigenvalue weighted by Crippen LogP contribution is -2.36. The van der Waals surface area contributed by atoms with Gasteiger partial charge in [0.2, 0.25) is 0 Å². The molecule has 0 saturated carbocycles. The van der Waals surface area contributed by atoms with E-state index in [4.69, 9.17) is 0 Å². The molecule has 1 aromatic rings. The zero-order valence-electron chi connectivity index (χ0n) is 10.8. The Kier molecular flexibility index (Phi) is 5.06. The molecule has 0 unspecified atom stereocenters. The highest BCUT2D eigenvalue weighted by atomic mass is 19.1. The molecule has 0 amide bonds. The van der Waals surface area contributed by atoms with Crippen LogP contribution in [-0.2, 0) is 6.42 Å². The van der Waals surface area contributed by atoms with Crippen LogP contribution in [0.5, 0.6) is 0 Å². The molecule has 3 heteroatoms. The Labute approximate surface area is 102 Å². The van der Waals surface area contributed by atoms with E-state index in [1.807, 2.05) is 0 Å². The van der Waals surface area contributed by atoms with Gasteiger partial charge in [0, 0.05) is 11.1 Å². The van der Waals surface area contributed by atoms with E-state index in [-0.39, 0.29) is 11.1 Å². The van der Waals surface area contributed by atoms with E-state index in [0.29, 0.717) is 6.42 Å². The van der Waals surface area contributed by atoms with Crippen LogP contribution in [0.1, 0.15) is 39.2 Å². The van der Waals surface area contributed by atoms with Gasteiger partial charge < -0.3 is 5.32 Å². The van der Waals surface area contributed by atoms with Crippen LogP contribution in [0, 0.1) is 11.6 Å². The van der Waals surface area contributed by atoms with E-state index in [1.54, 1.807) is 0 Å². The third-order valence-corrected chi connectivity index (χ3v) is 2.57. The standard InChI is InChI=1S/C14H21F2N/c1-14(2,3)17-10-5-4-7-11-12(15)8-6-9-13(11)16/h6,8-9,17H,4-5,7,10H2,1-3H3. The van der Waals surface area contributed by atoms with Gasteiger partial charge in [-0.2, -0.15) is 0 Å². The molecule has 0 radical (unpaired) electrons. The Bertz CT molecular complexity index is 335. The minimum atomic E-state index is -0.436. The zero-order chi connectivity index (χ0) is 12.9. The molecule has 96 valence electrons. The average molecular weight is 241 g/mol. The van der Waals surface area contributed by atoms with Crippen LogP contribution in [0.25, 0.3) is 0 Å². The number of hydrogen-bond donors (Lipinski definition) is 1. The summed E-state index contributed by atoms with van der Waals surface area (Å²) in [6, 6.07) is 4.02. The summed E-state index contributed by atoms with van der Waals surface area (Å²) in [4.78, 5) is 0. The van der Waals surface area contributed by atoms with Crippen molar-refractivity contribution in [3.8, 4) is 0 Å². The van der Waals surface area contributed by atoms with Crippen molar-refractivity contribution in [2.45, 2.75) is 45.6 Å². The second-order valence-electron chi connectivity index (χ2n) is 5.33. The fraction of sp³-hybridized carbons (Fsp3) is 0.571. The molecule has 0 heterocycles. The molecule has 1 rings (SSSR count). The molecule has 0 atom stereocenters. The van der Waals surface area contributed by atoms with Crippen molar-refractivity contribution in [1.82, 2.24) is 5.32 Å². The van der Waals surface area contributed by atoms with Gasteiger partial charge in [0.25, 0.3) is 0 Å². The van der Waals surface area contributed by atoms with E-state index in [1.165, 1.54) is 18.2 Å². The molecule has 17 heavy (non-hydrogen) atoms. The van der Waals surface area contributed by atoms with Gasteiger partial charge in [0.05, 0.1) is 0 Å². The zero-order valence-corrected chi connectivity index (χ0v) is 10.8. The molecule has 0 aliphatic heterocycles. The summed E-state index contributed by atoms with van der Waals surface area (Å²) in [6.45, 7) is 7.18. The Hall–Kier alpha value is -0.960. The van der Waals surface area contributed by atoms with Gasteiger partial charge in [-0.05, 0) is 58.7 Å². The number of halogens is 2. The van der Waals surface area contributed by atoms with Crippen molar-refractivity contribution in [3.63, 3.8) is 0 Å². The quantitative estimate of drug-likeness (QED) is 0.775. The van der Waals surface area contributed by atoms with Gasteiger partial charge in [-0.1, -0.05) is 6.07 Å². The largest absolute Gasteiger partial charge is 0.312 e. The maximum Gasteiger partial charge on any atom is 0.129 e. The monoisotopic (exact) mass is 241 g/mol. The first-order valence-electron chi connectivity index (χ1n) is 6.08. The summed E-state index contributed by atoms with van der Waals surface area (Å²) in [7, 11) is 0. The average Bonchev–Trinajstić information content (AvgIpc) is 2.20. The highest BCUT2D eigenvalue weighted by Gasteiger charge is 2.09. The van der Waals surface area contributed by atoms with Crippen LogP contribution in [0.2, 0.25) is 0 Å². The van der Waals surface area contributed by atoms with Crippen molar-refractivity contribution in [2.24, 2.45) is 0 Å². The first kappa shape index (κ1) is 14.1. The summed E-state index contributed by atoms with van der Waals surface area (Å²) in [6.07, 6.45) is 2.18. The lowest BCUT2D eigenvalue weighted by molar-refractivity contribution is 0.417. The molecular weight excluding hydrogens is 220 g/mol. The number of hydrogen-bond acceptors (Lipinski definition) is 1. The SMILES string of the molecule is CC(C)(C)NCCCCc1c(F)cccc1F. The smallest absolute Gasteiger partial charge is 0.129 e. The molecule has 0 saturated heterocycles. The van der Waals surface area contributed by atoms with Crippen LogP contribution < -0.4 is 5.32 Å². The molecule has 0 aromatic heterocycles. The highest BCUT2D eigenvalue weighted by molar-refractivity contribution is 5.19. The van der Waals surface area contributed by atoms with Crippen LogP contribution >= 0.6 is 0 Å². The van der Waals surface area contributed by atoms with E-state index in [9.17, 15) is 8.78 Å². The second kappa shape index (κ2) is 6.10. The molecule has 0 aliphatic carbocycles. The molecule has 0 bridgehead atoms. The van der Waals surface area contributed by atoms with Crippen molar-refractivity contribution < 1.29 is 8.78 Å². The van der Waals surface area contributed by atoms with Crippen LogP contribution in [0.15, 0.2) is 18.2 Å². The summed E-state index contributed by atoms with van der Waals surface area (Å²) < 4.78 is 26.6. The van der Waals surface area contributed by atoms with Gasteiger partial charge in [-0.3, -0.25) is 0 Å². The van der Waals surface area contributed by atoms with Crippen LogP contribution in [-0.4, -0.2) is 12.1 Å². The van der Waals surface area contributed by atoms with Crippen LogP contribution in [0.3, 0.4) is 0 Å². The molecule has 1 N–H and O–H groups in total. The summed E-state index contributed by atoms with van der Waals surface area (Å²) in [5, 5.41) is 3.35. The van der Waals surface area contributed by atoms with Crippen molar-refractivity contribution >= 4 is 0 Å². The molecule has 0 aliphatic rings. The molecule has 0 fully saturated rings. The van der Waals surface area contributed by atoms with E-state index < -0.39 is 11.6 Å². The number of nitrogens with one attached hydrogen (secondary N) is 1. The Morgan fingerprint density at radius 2 is 1.65 bits per heavy atom. The summed E-state index contributed by atoms with van der Waals surface area (Å²) >= 11 is 0. The van der Waals surface area contributed by atoms with Gasteiger partial charge in [0.15, 0.2) is 0 Å². The maximum absolute atomic E-state index is 13.3. The molecule has 0 spiro atoms. The Balaban J connectivity index is 2.32. The third-order valence-electron chi connectivity index (χ3n) is 2.57. The maximum atomic E-state index is 13.3. The van der Waals surface area contributed by atoms with Crippen molar-refractivity contribution in [3.05, 3.63) is 35.4 Å². The van der Waals surface area contributed by atoms with Gasteiger partial charge in [0.1, 0.15) is 11.6 Å². The molecular formula is C14H21F2N. The first-order valence-corrected chi connectivity index (χ1v) is 6.08. The predicted molar refractivity (Wildman–Crippen MR) is 67.1 cm³/mol. The van der Waals surface area contributed by atoms with E-state index in [2.05, 4.69) is 26.1 Å². The highest BCUT2D eigenvalue weighted by Crippen LogP contribution is 2.14. The molecule has 1 aromatic carbocycles. The lowest BCUT2D eigenvalue weighted by atomic mass is 10.1. The van der Waals surface area contributed by atoms with Crippen LogP contribution in [0.4, 0.5) is 8.78 Å². The third kappa shape index (κ3) is 5.26. The second-order valence-corrected chi connectivity index (χ2v) is 5.33. The lowest BCUT2D eigenvalue weighted by Gasteiger charge is -2.20. The normalized spacial score (nSPS) is 11.8. The fourth-order valence-electron chi connectivity index (χ4n) is 1.66. The minimum absolute atomic E-state index is 0.100. The Morgan fingerprint density at radius 3 is 2.18 bits per heavy atom. The van der Waals surface area contributed by atoms with Gasteiger partial charge in [-0.25, -0.2) is 8.78 Å². The fourth-order valence-corrected chi connectivity index (χ4v) is 1.66. The first-order chi connectivity index (χ1) is 7.90. The van der Waals surface area contributed by atoms with Crippen molar-refractivity contribution in [2.75, 3.05) is 6.54 Å². The number of rotatable bonds is 5. The van der Waals surface area contributed by atoms with Gasteiger partial charge >= 0.3 is 0 Å². The number of unbranched alkanes of at least 4 members (excludes halogenated alkanes) is 1. The summed E-state index contributed by atoms with van der Waals surface area (Å²) in [5.41, 5.74) is 0.312. The van der Waals surface area contributed by atoms with E-state index >= 15 is 0 Å². The predicted octanol–water partition coefficient (Wildman–Crippen LogP) is 3.68. The van der Waals surface area contributed by atoms with Crippen molar-refractivity contribution in [1.29, 1.82) is 0 Å². The summed E-state index contributed by atoms with van der Waals surface area (Å²) in [5.74, 6) is -0.873. The minimum Gasteiger partial charge on any atom is -0.312 e. The Morgan fingerprint density at radius 1 is 1.06 bits per heavy atom. The topological polar surface area (TPSA) is 12.0 Å². The van der Waals surface area contributed by atoms with Gasteiger partial charge in [-0.15, -0.1) is 0 Å². The molecule has 1 nitrogen and oxygen atoms in total. The van der Waals surface area contributed by atoms with E-state index in [0.717, 1.165) is 19.4 Å².